The normalized spacial score (nSPS) is 20.4. The zero-order chi connectivity index (χ0) is 31.4. The summed E-state index contributed by atoms with van der Waals surface area (Å²) in [6.07, 6.45) is -4.55. The van der Waals surface area contributed by atoms with Gasteiger partial charge in [0.25, 0.3) is 5.91 Å². The molecule has 3 aliphatic heterocycles. The van der Waals surface area contributed by atoms with Crippen LogP contribution in [0.25, 0.3) is 0 Å². The van der Waals surface area contributed by atoms with Gasteiger partial charge >= 0.3 is 6.36 Å². The molecule has 14 heteroatoms. The zero-order valence-electron chi connectivity index (χ0n) is 24.4. The van der Waals surface area contributed by atoms with E-state index in [-0.39, 0.29) is 48.6 Å². The predicted molar refractivity (Wildman–Crippen MR) is 154 cm³/mol. The van der Waals surface area contributed by atoms with Crippen molar-refractivity contribution in [3.63, 3.8) is 0 Å². The molecule has 2 aromatic rings. The van der Waals surface area contributed by atoms with Crippen LogP contribution in [0.5, 0.6) is 5.75 Å². The third-order valence-corrected chi connectivity index (χ3v) is 10.4. The van der Waals surface area contributed by atoms with Crippen molar-refractivity contribution in [3.8, 4) is 5.75 Å². The number of piperidine rings is 1. The van der Waals surface area contributed by atoms with Crippen LogP contribution in [0.15, 0.2) is 35.3 Å². The fourth-order valence-electron chi connectivity index (χ4n) is 6.08. The number of hydrogen-bond acceptors (Lipinski definition) is 7. The Morgan fingerprint density at radius 3 is 2.30 bits per heavy atom. The molecular weight excluding hydrogens is 590 g/mol. The topological polar surface area (TPSA) is 103 Å². The number of nitrogens with one attached hydrogen (secondary N) is 2. The number of carbonyl (C=O) groups excluding carboxylic acids is 1. The molecule has 0 aromatic heterocycles. The summed E-state index contributed by atoms with van der Waals surface area (Å²) < 4.78 is 83.6. The molecule has 0 atom stereocenters. The minimum atomic E-state index is -5.09. The standard InChI is InChI=1S/C29H35F4N5O4S/c1-18-13-21(38-17-34-16-27(38,3)4)14-19(2)22(18)7-12-43(40,41)37-10-8-28(9-11-37)26(39)35-25(36-28)20-5-6-23(30)24(15-20)42-29(31,32)33/h5-6,13-15,34H,7-12,16-17H2,1-4H3,(H,35,36,39). The van der Waals surface area contributed by atoms with Gasteiger partial charge in [0.05, 0.1) is 12.4 Å². The van der Waals surface area contributed by atoms with Gasteiger partial charge in [-0.3, -0.25) is 15.1 Å². The molecule has 0 bridgehead atoms. The molecule has 234 valence electrons. The number of carbonyl (C=O) groups is 1. The molecule has 3 aliphatic rings. The fraction of sp³-hybridized carbons (Fsp3) is 0.517. The van der Waals surface area contributed by atoms with Gasteiger partial charge in [-0.25, -0.2) is 17.1 Å². The average Bonchev–Trinajstić information content (AvgIpc) is 3.42. The number of hydrogen-bond donors (Lipinski definition) is 2. The Morgan fingerprint density at radius 2 is 1.72 bits per heavy atom. The molecule has 0 aliphatic carbocycles. The second kappa shape index (κ2) is 11.0. The molecule has 2 aromatic carbocycles. The third kappa shape index (κ3) is 6.36. The highest BCUT2D eigenvalue weighted by molar-refractivity contribution is 7.89. The third-order valence-electron chi connectivity index (χ3n) is 8.51. The molecule has 0 radical (unpaired) electrons. The van der Waals surface area contributed by atoms with E-state index in [1.54, 1.807) is 0 Å². The Morgan fingerprint density at radius 1 is 1.07 bits per heavy atom. The van der Waals surface area contributed by atoms with Crippen LogP contribution in [-0.4, -0.2) is 74.0 Å². The van der Waals surface area contributed by atoms with Gasteiger partial charge in [0.2, 0.25) is 10.0 Å². The van der Waals surface area contributed by atoms with Crippen LogP contribution in [0.2, 0.25) is 0 Å². The van der Waals surface area contributed by atoms with Crippen molar-refractivity contribution < 1.29 is 35.5 Å². The molecule has 3 heterocycles. The zero-order valence-corrected chi connectivity index (χ0v) is 25.3. The first kappa shape index (κ1) is 31.2. The van der Waals surface area contributed by atoms with E-state index in [9.17, 15) is 30.8 Å². The van der Waals surface area contributed by atoms with Gasteiger partial charge in [-0.05, 0) is 94.0 Å². The number of aryl methyl sites for hydroxylation is 2. The first-order chi connectivity index (χ1) is 20.0. The lowest BCUT2D eigenvalue weighted by Gasteiger charge is -2.35. The maximum absolute atomic E-state index is 13.9. The van der Waals surface area contributed by atoms with E-state index in [0.29, 0.717) is 6.42 Å². The Kier molecular flexibility index (Phi) is 8.01. The number of sulfonamides is 1. The smallest absolute Gasteiger partial charge is 0.403 e. The Balaban J connectivity index is 1.25. The Hall–Kier alpha value is -3.23. The van der Waals surface area contributed by atoms with E-state index in [0.717, 1.165) is 47.7 Å². The summed E-state index contributed by atoms with van der Waals surface area (Å²) in [6, 6.07) is 7.01. The van der Waals surface area contributed by atoms with Gasteiger partial charge < -0.3 is 15.0 Å². The fourth-order valence-corrected chi connectivity index (χ4v) is 7.54. The molecule has 9 nitrogen and oxygen atoms in total. The summed E-state index contributed by atoms with van der Waals surface area (Å²) in [4.78, 5) is 19.7. The molecule has 1 amide bonds. The minimum Gasteiger partial charge on any atom is -0.403 e. The van der Waals surface area contributed by atoms with Gasteiger partial charge in [-0.1, -0.05) is 0 Å². The predicted octanol–water partition coefficient (Wildman–Crippen LogP) is 3.77. The summed E-state index contributed by atoms with van der Waals surface area (Å²) >= 11 is 0. The lowest BCUT2D eigenvalue weighted by atomic mass is 9.89. The van der Waals surface area contributed by atoms with Crippen molar-refractivity contribution in [3.05, 3.63) is 58.4 Å². The van der Waals surface area contributed by atoms with Crippen LogP contribution in [0.1, 0.15) is 48.9 Å². The van der Waals surface area contributed by atoms with Crippen molar-refractivity contribution >= 4 is 27.5 Å². The van der Waals surface area contributed by atoms with Gasteiger partial charge in [0.15, 0.2) is 11.6 Å². The lowest BCUT2D eigenvalue weighted by molar-refractivity contribution is -0.275. The highest BCUT2D eigenvalue weighted by Crippen LogP contribution is 2.34. The maximum atomic E-state index is 13.9. The monoisotopic (exact) mass is 625 g/mol. The average molecular weight is 626 g/mol. The number of alkyl halides is 3. The maximum Gasteiger partial charge on any atom is 0.573 e. The van der Waals surface area contributed by atoms with Crippen molar-refractivity contribution in [2.75, 3.05) is 37.0 Å². The lowest BCUT2D eigenvalue weighted by Crippen LogP contribution is -2.50. The van der Waals surface area contributed by atoms with Gasteiger partial charge in [0.1, 0.15) is 11.4 Å². The molecule has 2 saturated heterocycles. The number of ether oxygens (including phenoxy) is 1. The van der Waals surface area contributed by atoms with Gasteiger partial charge in [-0.15, -0.1) is 13.2 Å². The Bertz CT molecular complexity index is 1540. The van der Waals surface area contributed by atoms with E-state index >= 15 is 0 Å². The number of amidine groups is 1. The Labute approximate surface area is 248 Å². The van der Waals surface area contributed by atoms with Crippen LogP contribution in [0, 0.1) is 19.7 Å². The number of rotatable bonds is 7. The summed E-state index contributed by atoms with van der Waals surface area (Å²) in [6.45, 7) is 10.1. The molecule has 43 heavy (non-hydrogen) atoms. The van der Waals surface area contributed by atoms with Crippen molar-refractivity contribution in [1.29, 1.82) is 0 Å². The van der Waals surface area contributed by atoms with Crippen LogP contribution >= 0.6 is 0 Å². The van der Waals surface area contributed by atoms with E-state index in [1.165, 1.54) is 10.4 Å². The second-order valence-corrected chi connectivity index (χ2v) is 14.1. The van der Waals surface area contributed by atoms with E-state index in [4.69, 9.17) is 0 Å². The first-order valence-electron chi connectivity index (χ1n) is 14.0. The second-order valence-electron chi connectivity index (χ2n) is 12.0. The molecule has 1 spiro atoms. The number of aliphatic imine (C=N–C) groups is 1. The van der Waals surface area contributed by atoms with Gasteiger partial charge in [-0.2, -0.15) is 0 Å². The number of halogens is 4. The molecule has 5 rings (SSSR count). The van der Waals surface area contributed by atoms with Crippen LogP contribution in [-0.2, 0) is 21.2 Å². The van der Waals surface area contributed by atoms with Gasteiger partial charge in [0, 0.05) is 36.4 Å². The van der Waals surface area contributed by atoms with Crippen molar-refractivity contribution in [1.82, 2.24) is 14.9 Å². The highest BCUT2D eigenvalue weighted by atomic mass is 32.2. The first-order valence-corrected chi connectivity index (χ1v) is 15.6. The molecule has 0 unspecified atom stereocenters. The SMILES string of the molecule is Cc1cc(N2CNCC2(C)C)cc(C)c1CCS(=O)(=O)N1CCC2(CC1)N=C(c1ccc(F)c(OC(F)(F)F)c1)NC2=O. The molecular formula is C29H35F4N5O4S. The summed E-state index contributed by atoms with van der Waals surface area (Å²) in [5.74, 6) is -2.84. The van der Waals surface area contributed by atoms with Crippen molar-refractivity contribution in [2.24, 2.45) is 4.99 Å². The quantitative estimate of drug-likeness (QED) is 0.455. The number of anilines is 1. The summed E-state index contributed by atoms with van der Waals surface area (Å²) in [7, 11) is -3.65. The van der Waals surface area contributed by atoms with Crippen LogP contribution in [0.3, 0.4) is 0 Å². The molecule has 0 saturated carbocycles. The van der Waals surface area contributed by atoms with Crippen LogP contribution in [0.4, 0.5) is 23.2 Å². The largest absolute Gasteiger partial charge is 0.573 e. The summed E-state index contributed by atoms with van der Waals surface area (Å²) in [5.41, 5.74) is 2.89. The number of nitrogens with zero attached hydrogens (tertiary/aromatic N) is 3. The van der Waals surface area contributed by atoms with Crippen LogP contribution < -0.4 is 20.3 Å². The van der Waals surface area contributed by atoms with E-state index in [1.807, 2.05) is 13.8 Å². The van der Waals surface area contributed by atoms with E-state index in [2.05, 4.69) is 51.2 Å². The number of amides is 1. The van der Waals surface area contributed by atoms with Crippen molar-refractivity contribution in [2.45, 2.75) is 64.4 Å². The minimum absolute atomic E-state index is 0.0178. The molecule has 2 N–H and O–H groups in total. The van der Waals surface area contributed by atoms with E-state index < -0.39 is 39.4 Å². The highest BCUT2D eigenvalue weighted by Gasteiger charge is 2.47. The summed E-state index contributed by atoms with van der Waals surface area (Å²) in [5, 5.41) is 5.95. The molecule has 2 fully saturated rings. The number of benzene rings is 2.